The maximum Gasteiger partial charge on any atom is 0.428 e. The van der Waals surface area contributed by atoms with Crippen LogP contribution in [0.25, 0.3) is 0 Å². The molecule has 0 saturated heterocycles. The Labute approximate surface area is 46.5 Å². The summed E-state index contributed by atoms with van der Waals surface area (Å²) >= 11 is 0. The zero-order chi connectivity index (χ0) is 6.41. The van der Waals surface area contributed by atoms with Gasteiger partial charge in [0.15, 0.2) is 0 Å². The van der Waals surface area contributed by atoms with Crippen molar-refractivity contribution in [1.29, 1.82) is 0 Å². The highest BCUT2D eigenvalue weighted by molar-refractivity contribution is 5.66. The van der Waals surface area contributed by atoms with Gasteiger partial charge in [-0.1, -0.05) is 0 Å². The van der Waals surface area contributed by atoms with Gasteiger partial charge < -0.3 is 10.6 Å². The van der Waals surface area contributed by atoms with Crippen molar-refractivity contribution in [2.75, 3.05) is 7.05 Å². The van der Waals surface area contributed by atoms with Crippen molar-refractivity contribution < 1.29 is 9.63 Å². The van der Waals surface area contributed by atoms with Gasteiger partial charge in [-0.05, 0) is 0 Å². The molecule has 5 heteroatoms. The predicted molar refractivity (Wildman–Crippen MR) is 28.2 cm³/mol. The number of amides is 1. The smallest absolute Gasteiger partial charge is 0.333 e. The monoisotopic (exact) mass is 117 g/mol. The summed E-state index contributed by atoms with van der Waals surface area (Å²) in [6.07, 6.45) is 0.315. The first-order valence-electron chi connectivity index (χ1n) is 1.90. The molecule has 3 N–H and O–H groups in total. The van der Waals surface area contributed by atoms with Crippen LogP contribution in [0.5, 0.6) is 0 Å². The molecule has 0 rings (SSSR count). The minimum absolute atomic E-state index is 0.884. The molecule has 0 bridgehead atoms. The first kappa shape index (κ1) is 6.74. The molecule has 0 aliphatic carbocycles. The Morgan fingerprint density at radius 1 is 2.00 bits per heavy atom. The highest BCUT2D eigenvalue weighted by Gasteiger charge is 1.84. The first-order chi connectivity index (χ1) is 3.77. The number of hydroxylamine groups is 1. The van der Waals surface area contributed by atoms with Crippen LogP contribution in [0.4, 0.5) is 4.79 Å². The van der Waals surface area contributed by atoms with Crippen LogP contribution in [0.1, 0.15) is 0 Å². The van der Waals surface area contributed by atoms with E-state index in [1.54, 1.807) is 0 Å². The lowest BCUT2D eigenvalue weighted by Gasteiger charge is -1.93. The molecule has 0 aromatic rings. The van der Waals surface area contributed by atoms with Gasteiger partial charge in [0, 0.05) is 7.05 Å². The Morgan fingerprint density at radius 3 is 3.00 bits per heavy atom. The summed E-state index contributed by atoms with van der Waals surface area (Å²) in [5, 5.41) is 0. The van der Waals surface area contributed by atoms with E-state index in [-0.39, 0.29) is 0 Å². The molecule has 0 fully saturated rings. The first-order valence-corrected chi connectivity index (χ1v) is 1.90. The molecule has 1 amide bonds. The van der Waals surface area contributed by atoms with Crippen LogP contribution >= 0.6 is 0 Å². The van der Waals surface area contributed by atoms with E-state index in [0.29, 0.717) is 0 Å². The molecule has 0 radical (unpaired) electrons. The van der Waals surface area contributed by atoms with Gasteiger partial charge in [-0.2, -0.15) is 0 Å². The van der Waals surface area contributed by atoms with E-state index in [4.69, 9.17) is 0 Å². The normalized spacial score (nSPS) is 9.12. The standard InChI is InChI=1S/C3H7N3O2/c1-5-2-6-8-3(4)7/h2H,1H3,(H2,4,7)(H,5,6). The molecular formula is C3H7N3O2. The lowest BCUT2D eigenvalue weighted by molar-refractivity contribution is 0.132. The van der Waals surface area contributed by atoms with Gasteiger partial charge in [0.2, 0.25) is 0 Å². The van der Waals surface area contributed by atoms with E-state index >= 15 is 0 Å². The summed E-state index contributed by atoms with van der Waals surface area (Å²) in [5.74, 6) is 0. The summed E-state index contributed by atoms with van der Waals surface area (Å²) < 4.78 is 0. The van der Waals surface area contributed by atoms with Crippen LogP contribution in [-0.4, -0.2) is 19.5 Å². The molecule has 0 heterocycles. The Morgan fingerprint density at radius 2 is 2.62 bits per heavy atom. The summed E-state index contributed by atoms with van der Waals surface area (Å²) in [6, 6.07) is 0. The minimum atomic E-state index is -0.884. The quantitative estimate of drug-likeness (QED) is 0.283. The van der Waals surface area contributed by atoms with Crippen molar-refractivity contribution in [2.24, 2.45) is 10.7 Å². The second-order valence-electron chi connectivity index (χ2n) is 0.926. The van der Waals surface area contributed by atoms with Crippen molar-refractivity contribution in [1.82, 2.24) is 5.48 Å². The van der Waals surface area contributed by atoms with E-state index in [1.807, 2.05) is 0 Å². The third-order valence-corrected chi connectivity index (χ3v) is 0.341. The molecule has 8 heavy (non-hydrogen) atoms. The zero-order valence-corrected chi connectivity index (χ0v) is 4.42. The van der Waals surface area contributed by atoms with Gasteiger partial charge in [-0.25, -0.2) is 10.3 Å². The van der Waals surface area contributed by atoms with Crippen LogP contribution < -0.4 is 11.2 Å². The second-order valence-corrected chi connectivity index (χ2v) is 0.926. The molecular weight excluding hydrogens is 110 g/mol. The summed E-state index contributed by atoms with van der Waals surface area (Å²) in [7, 11) is 1.53. The van der Waals surface area contributed by atoms with Gasteiger partial charge in [0.1, 0.15) is 6.34 Å². The number of hydrogen-bond donors (Lipinski definition) is 2. The topological polar surface area (TPSA) is 76.7 Å². The number of carbonyl (C=O) groups is 1. The fourth-order valence-electron chi connectivity index (χ4n) is 0.137. The maximum absolute atomic E-state index is 9.75. The number of hydrogen-bond acceptors (Lipinski definition) is 3. The molecule has 0 saturated carbocycles. The summed E-state index contributed by atoms with van der Waals surface area (Å²) in [4.78, 5) is 17.2. The maximum atomic E-state index is 9.75. The highest BCUT2D eigenvalue weighted by atomic mass is 16.7. The number of nitrogens with zero attached hydrogens (tertiary/aromatic N) is 1. The van der Waals surface area contributed by atoms with Crippen molar-refractivity contribution in [2.45, 2.75) is 0 Å². The average molecular weight is 117 g/mol. The highest BCUT2D eigenvalue weighted by Crippen LogP contribution is 1.58. The Balaban J connectivity index is 3.05. The largest absolute Gasteiger partial charge is 0.428 e. The molecule has 46 valence electrons. The van der Waals surface area contributed by atoms with Gasteiger partial charge in [-0.3, -0.25) is 4.99 Å². The number of rotatable bonds is 2. The van der Waals surface area contributed by atoms with Gasteiger partial charge in [-0.15, -0.1) is 0 Å². The van der Waals surface area contributed by atoms with Crippen molar-refractivity contribution in [3.63, 3.8) is 0 Å². The number of aliphatic imine (C=N–C) groups is 1. The number of nitrogens with one attached hydrogen (secondary N) is 1. The fraction of sp³-hybridized carbons (Fsp3) is 0.333. The third-order valence-electron chi connectivity index (χ3n) is 0.341. The Kier molecular flexibility index (Phi) is 3.30. The van der Waals surface area contributed by atoms with Gasteiger partial charge >= 0.3 is 6.09 Å². The molecule has 5 nitrogen and oxygen atoms in total. The van der Waals surface area contributed by atoms with E-state index in [1.165, 1.54) is 13.4 Å². The molecule has 0 spiro atoms. The van der Waals surface area contributed by atoms with E-state index in [9.17, 15) is 4.79 Å². The summed E-state index contributed by atoms with van der Waals surface area (Å²) in [5.41, 5.74) is 6.62. The van der Waals surface area contributed by atoms with Crippen LogP contribution in [0.2, 0.25) is 0 Å². The second kappa shape index (κ2) is 3.91. The van der Waals surface area contributed by atoms with Crippen LogP contribution in [0.15, 0.2) is 4.99 Å². The van der Waals surface area contributed by atoms with Gasteiger partial charge in [0.25, 0.3) is 0 Å². The van der Waals surface area contributed by atoms with E-state index in [2.05, 4.69) is 21.0 Å². The minimum Gasteiger partial charge on any atom is -0.333 e. The summed E-state index contributed by atoms with van der Waals surface area (Å²) in [6.45, 7) is 0. The molecule has 0 aliphatic rings. The SMILES string of the molecule is CN=CNOC(N)=O. The fourth-order valence-corrected chi connectivity index (χ4v) is 0.137. The lowest BCUT2D eigenvalue weighted by atomic mass is 11.2. The Hall–Kier alpha value is -1.26. The predicted octanol–water partition coefficient (Wildman–Crippen LogP) is -0.756. The number of nitrogens with two attached hydrogens (primary N) is 1. The average Bonchev–Trinajstić information content (AvgIpc) is 1.66. The van der Waals surface area contributed by atoms with Crippen molar-refractivity contribution >= 4 is 12.4 Å². The number of carbonyl (C=O) groups excluding carboxylic acids is 1. The van der Waals surface area contributed by atoms with Gasteiger partial charge in [0.05, 0.1) is 0 Å². The zero-order valence-electron chi connectivity index (χ0n) is 4.42. The molecule has 0 unspecified atom stereocenters. The van der Waals surface area contributed by atoms with E-state index < -0.39 is 6.09 Å². The molecule has 0 aromatic heterocycles. The molecule has 0 atom stereocenters. The lowest BCUT2D eigenvalue weighted by Crippen LogP contribution is -2.22. The molecule has 0 aromatic carbocycles. The van der Waals surface area contributed by atoms with Crippen LogP contribution in [-0.2, 0) is 4.84 Å². The third kappa shape index (κ3) is 4.74. The Bertz CT molecular complexity index is 101. The molecule has 0 aliphatic heterocycles. The van der Waals surface area contributed by atoms with Crippen LogP contribution in [0.3, 0.4) is 0 Å². The van der Waals surface area contributed by atoms with Crippen LogP contribution in [0, 0.1) is 0 Å². The van der Waals surface area contributed by atoms with Crippen molar-refractivity contribution in [3.8, 4) is 0 Å². The van der Waals surface area contributed by atoms with E-state index in [0.717, 1.165) is 0 Å². The van der Waals surface area contributed by atoms with Crippen molar-refractivity contribution in [3.05, 3.63) is 0 Å². The number of primary amides is 1.